The van der Waals surface area contributed by atoms with Crippen molar-refractivity contribution < 1.29 is 14.3 Å². The molecular formula is C11H16O3. The van der Waals surface area contributed by atoms with E-state index >= 15 is 0 Å². The number of esters is 1. The van der Waals surface area contributed by atoms with Crippen molar-refractivity contribution in [3.63, 3.8) is 0 Å². The zero-order valence-corrected chi connectivity index (χ0v) is 8.33. The Morgan fingerprint density at radius 3 is 2.43 bits per heavy atom. The molecule has 2 aliphatic carbocycles. The van der Waals surface area contributed by atoms with Crippen LogP contribution in [-0.2, 0) is 14.3 Å². The number of hydrogen-bond acceptors (Lipinski definition) is 3. The molecule has 3 nitrogen and oxygen atoms in total. The smallest absolute Gasteiger partial charge is 0.316 e. The van der Waals surface area contributed by atoms with Crippen molar-refractivity contribution in [2.75, 3.05) is 0 Å². The Labute approximate surface area is 83.8 Å². The molecule has 0 amide bonds. The number of ketones is 1. The summed E-state index contributed by atoms with van der Waals surface area (Å²) in [5.41, 5.74) is 0. The summed E-state index contributed by atoms with van der Waals surface area (Å²) in [7, 11) is 0. The van der Waals surface area contributed by atoms with Crippen molar-refractivity contribution in [1.82, 2.24) is 0 Å². The summed E-state index contributed by atoms with van der Waals surface area (Å²) >= 11 is 0. The Bertz CT molecular complexity index is 241. The fourth-order valence-corrected chi connectivity index (χ4v) is 2.32. The summed E-state index contributed by atoms with van der Waals surface area (Å²) in [5, 5.41) is 0. The molecule has 0 saturated heterocycles. The standard InChI is InChI=1S/C11H16O3/c12-10-7-3-6-9(10)11(13)14-8-4-1-2-5-8/h8-9H,1-7H2. The number of Topliss-reactive ketones (excluding diaryl/α,β-unsaturated/α-hetero) is 1. The minimum absolute atomic E-state index is 0.0768. The average Bonchev–Trinajstić information content (AvgIpc) is 2.75. The highest BCUT2D eigenvalue weighted by Crippen LogP contribution is 2.26. The lowest BCUT2D eigenvalue weighted by Gasteiger charge is -2.13. The quantitative estimate of drug-likeness (QED) is 0.500. The van der Waals surface area contributed by atoms with Crippen LogP contribution >= 0.6 is 0 Å². The number of ether oxygens (including phenoxy) is 1. The van der Waals surface area contributed by atoms with Crippen LogP contribution in [0.15, 0.2) is 0 Å². The van der Waals surface area contributed by atoms with Crippen LogP contribution in [0.4, 0.5) is 0 Å². The SMILES string of the molecule is O=C1CCCC1C(=O)OC1CCCC1. The molecule has 0 bridgehead atoms. The van der Waals surface area contributed by atoms with E-state index in [1.165, 1.54) is 0 Å². The van der Waals surface area contributed by atoms with Gasteiger partial charge in [-0.3, -0.25) is 9.59 Å². The van der Waals surface area contributed by atoms with E-state index in [1.807, 2.05) is 0 Å². The lowest BCUT2D eigenvalue weighted by Crippen LogP contribution is -2.25. The van der Waals surface area contributed by atoms with Crippen LogP contribution in [0, 0.1) is 5.92 Å². The van der Waals surface area contributed by atoms with Crippen molar-refractivity contribution in [2.24, 2.45) is 5.92 Å². The Hall–Kier alpha value is -0.860. The topological polar surface area (TPSA) is 43.4 Å². The molecule has 3 heteroatoms. The maximum absolute atomic E-state index is 11.6. The van der Waals surface area contributed by atoms with Crippen molar-refractivity contribution in [3.05, 3.63) is 0 Å². The summed E-state index contributed by atoms with van der Waals surface area (Å²) in [6.07, 6.45) is 6.46. The minimum Gasteiger partial charge on any atom is -0.462 e. The van der Waals surface area contributed by atoms with Gasteiger partial charge < -0.3 is 4.74 Å². The highest BCUT2D eigenvalue weighted by atomic mass is 16.5. The largest absolute Gasteiger partial charge is 0.462 e. The van der Waals surface area contributed by atoms with E-state index in [9.17, 15) is 9.59 Å². The highest BCUT2D eigenvalue weighted by Gasteiger charge is 2.34. The second-order valence-electron chi connectivity index (χ2n) is 4.25. The van der Waals surface area contributed by atoms with Gasteiger partial charge in [0.25, 0.3) is 0 Å². The molecule has 2 fully saturated rings. The Morgan fingerprint density at radius 1 is 1.14 bits per heavy atom. The number of carbonyl (C=O) groups excluding carboxylic acids is 2. The first-order valence-corrected chi connectivity index (χ1v) is 5.50. The van der Waals surface area contributed by atoms with Crippen LogP contribution in [0.2, 0.25) is 0 Å². The molecule has 2 rings (SSSR count). The van der Waals surface area contributed by atoms with Gasteiger partial charge in [0.1, 0.15) is 17.8 Å². The first-order valence-electron chi connectivity index (χ1n) is 5.50. The van der Waals surface area contributed by atoms with E-state index in [-0.39, 0.29) is 17.9 Å². The molecule has 0 aromatic rings. The molecule has 0 aromatic carbocycles. The van der Waals surface area contributed by atoms with E-state index in [2.05, 4.69) is 0 Å². The zero-order chi connectivity index (χ0) is 9.97. The second kappa shape index (κ2) is 4.11. The summed E-state index contributed by atoms with van der Waals surface area (Å²) < 4.78 is 5.31. The molecule has 2 saturated carbocycles. The zero-order valence-electron chi connectivity index (χ0n) is 8.33. The van der Waals surface area contributed by atoms with Crippen LogP contribution in [-0.4, -0.2) is 17.9 Å². The summed E-state index contributed by atoms with van der Waals surface area (Å²) in [6, 6.07) is 0. The van der Waals surface area contributed by atoms with Crippen molar-refractivity contribution in [3.8, 4) is 0 Å². The second-order valence-corrected chi connectivity index (χ2v) is 4.25. The summed E-state index contributed by atoms with van der Waals surface area (Å²) in [6.45, 7) is 0. The van der Waals surface area contributed by atoms with Gasteiger partial charge in [0.05, 0.1) is 0 Å². The fraction of sp³-hybridized carbons (Fsp3) is 0.818. The van der Waals surface area contributed by atoms with Gasteiger partial charge in [-0.25, -0.2) is 0 Å². The molecule has 14 heavy (non-hydrogen) atoms. The molecule has 0 N–H and O–H groups in total. The maximum Gasteiger partial charge on any atom is 0.316 e. The molecule has 1 unspecified atom stereocenters. The molecule has 78 valence electrons. The molecule has 0 radical (unpaired) electrons. The average molecular weight is 196 g/mol. The van der Waals surface area contributed by atoms with E-state index in [0.717, 1.165) is 32.1 Å². The first kappa shape index (κ1) is 9.69. The van der Waals surface area contributed by atoms with E-state index in [4.69, 9.17) is 4.74 Å². The maximum atomic E-state index is 11.6. The third kappa shape index (κ3) is 1.97. The summed E-state index contributed by atoms with van der Waals surface area (Å²) in [5.74, 6) is -0.622. The normalized spacial score (nSPS) is 28.3. The van der Waals surface area contributed by atoms with E-state index in [1.54, 1.807) is 0 Å². The number of carbonyl (C=O) groups is 2. The summed E-state index contributed by atoms with van der Waals surface area (Å²) in [4.78, 5) is 22.9. The van der Waals surface area contributed by atoms with Gasteiger partial charge in [0.15, 0.2) is 0 Å². The van der Waals surface area contributed by atoms with Crippen LogP contribution in [0.25, 0.3) is 0 Å². The van der Waals surface area contributed by atoms with Gasteiger partial charge in [-0.05, 0) is 38.5 Å². The van der Waals surface area contributed by atoms with Crippen LogP contribution in [0.5, 0.6) is 0 Å². The molecule has 0 heterocycles. The first-order chi connectivity index (χ1) is 6.77. The fourth-order valence-electron chi connectivity index (χ4n) is 2.32. The van der Waals surface area contributed by atoms with Crippen LogP contribution in [0.3, 0.4) is 0 Å². The minimum atomic E-state index is -0.435. The van der Waals surface area contributed by atoms with Gasteiger partial charge in [0.2, 0.25) is 0 Å². The van der Waals surface area contributed by atoms with Crippen molar-refractivity contribution in [2.45, 2.75) is 51.0 Å². The predicted molar refractivity (Wildman–Crippen MR) is 50.7 cm³/mol. The molecule has 0 aliphatic heterocycles. The molecule has 1 atom stereocenters. The highest BCUT2D eigenvalue weighted by molar-refractivity contribution is 6.00. The number of rotatable bonds is 2. The third-order valence-electron chi connectivity index (χ3n) is 3.17. The molecule has 0 spiro atoms. The monoisotopic (exact) mass is 196 g/mol. The lowest BCUT2D eigenvalue weighted by atomic mass is 10.1. The van der Waals surface area contributed by atoms with E-state index < -0.39 is 5.92 Å². The van der Waals surface area contributed by atoms with Gasteiger partial charge >= 0.3 is 5.97 Å². The van der Waals surface area contributed by atoms with Crippen LogP contribution in [0.1, 0.15) is 44.9 Å². The number of hydrogen-bond donors (Lipinski definition) is 0. The van der Waals surface area contributed by atoms with E-state index in [0.29, 0.717) is 12.8 Å². The van der Waals surface area contributed by atoms with Crippen molar-refractivity contribution >= 4 is 11.8 Å². The van der Waals surface area contributed by atoms with Gasteiger partial charge in [-0.1, -0.05) is 0 Å². The van der Waals surface area contributed by atoms with Crippen molar-refractivity contribution in [1.29, 1.82) is 0 Å². The third-order valence-corrected chi connectivity index (χ3v) is 3.17. The molecular weight excluding hydrogens is 180 g/mol. The Kier molecular flexibility index (Phi) is 2.85. The van der Waals surface area contributed by atoms with Gasteiger partial charge in [-0.2, -0.15) is 0 Å². The predicted octanol–water partition coefficient (Wildman–Crippen LogP) is 1.84. The van der Waals surface area contributed by atoms with Gasteiger partial charge in [-0.15, -0.1) is 0 Å². The molecule has 2 aliphatic rings. The lowest BCUT2D eigenvalue weighted by molar-refractivity contribution is -0.155. The Balaban J connectivity index is 1.85. The van der Waals surface area contributed by atoms with Crippen LogP contribution < -0.4 is 0 Å². The van der Waals surface area contributed by atoms with Gasteiger partial charge in [0, 0.05) is 6.42 Å². The Morgan fingerprint density at radius 2 is 1.86 bits per heavy atom. The molecule has 0 aromatic heterocycles.